The van der Waals surface area contributed by atoms with Gasteiger partial charge in [0.25, 0.3) is 5.91 Å². The zero-order chi connectivity index (χ0) is 8.65. The molecule has 1 fully saturated rings. The van der Waals surface area contributed by atoms with Crippen LogP contribution in [-0.2, 0) is 15.1 Å². The van der Waals surface area contributed by atoms with Gasteiger partial charge in [-0.05, 0) is 0 Å². The molecular formula is C3H3NO5S2. The van der Waals surface area contributed by atoms with Gasteiger partial charge < -0.3 is 0 Å². The third-order valence-corrected chi connectivity index (χ3v) is 2.71. The van der Waals surface area contributed by atoms with Gasteiger partial charge in [0.2, 0.25) is 0 Å². The summed E-state index contributed by atoms with van der Waals surface area (Å²) in [4.78, 5) is 21.1. The van der Waals surface area contributed by atoms with Crippen LogP contribution in [0.2, 0.25) is 0 Å². The predicted octanol–water partition coefficient (Wildman–Crippen LogP) is -0.515. The molecule has 0 saturated carbocycles. The molecule has 1 saturated heterocycles. The Bertz CT molecular complexity index is 290. The SMILES string of the molecule is O=C1CSC(=O)N1S(=O)(=O)O. The first-order valence-corrected chi connectivity index (χ1v) is 4.78. The van der Waals surface area contributed by atoms with Crippen molar-refractivity contribution < 1.29 is 22.6 Å². The molecule has 1 N–H and O–H groups in total. The lowest BCUT2D eigenvalue weighted by molar-refractivity contribution is -0.121. The lowest BCUT2D eigenvalue weighted by Gasteiger charge is -2.05. The van der Waals surface area contributed by atoms with E-state index in [1.165, 1.54) is 0 Å². The number of imide groups is 1. The monoisotopic (exact) mass is 197 g/mol. The van der Waals surface area contributed by atoms with Crippen molar-refractivity contribution in [1.82, 2.24) is 4.31 Å². The van der Waals surface area contributed by atoms with Crippen LogP contribution in [0, 0.1) is 0 Å². The molecule has 1 heterocycles. The van der Waals surface area contributed by atoms with Crippen molar-refractivity contribution in [1.29, 1.82) is 0 Å². The van der Waals surface area contributed by atoms with E-state index in [9.17, 15) is 18.0 Å². The highest BCUT2D eigenvalue weighted by Gasteiger charge is 2.38. The summed E-state index contributed by atoms with van der Waals surface area (Å²) in [5.41, 5.74) is 0. The maximum atomic E-state index is 10.6. The maximum absolute atomic E-state index is 10.6. The predicted molar refractivity (Wildman–Crippen MR) is 36.2 cm³/mol. The molecule has 0 unspecified atom stereocenters. The summed E-state index contributed by atoms with van der Waals surface area (Å²) in [6.07, 6.45) is 0. The van der Waals surface area contributed by atoms with E-state index >= 15 is 0 Å². The molecule has 0 aromatic rings. The van der Waals surface area contributed by atoms with Gasteiger partial charge in [-0.2, -0.15) is 8.42 Å². The van der Waals surface area contributed by atoms with E-state index in [-0.39, 0.29) is 10.1 Å². The fraction of sp³-hybridized carbons (Fsp3) is 0.333. The molecule has 8 heteroatoms. The van der Waals surface area contributed by atoms with Gasteiger partial charge in [0.05, 0.1) is 5.75 Å². The van der Waals surface area contributed by atoms with Crippen LogP contribution in [0.4, 0.5) is 4.79 Å². The summed E-state index contributed by atoms with van der Waals surface area (Å²) in [6, 6.07) is 0. The quantitative estimate of drug-likeness (QED) is 0.569. The number of carbonyl (C=O) groups excluding carboxylic acids is 2. The van der Waals surface area contributed by atoms with E-state index in [1.54, 1.807) is 0 Å². The number of hydrogen-bond donors (Lipinski definition) is 1. The zero-order valence-electron chi connectivity index (χ0n) is 5.05. The van der Waals surface area contributed by atoms with Gasteiger partial charge in [0.1, 0.15) is 0 Å². The molecule has 62 valence electrons. The first-order chi connectivity index (χ1) is 4.93. The van der Waals surface area contributed by atoms with Crippen molar-refractivity contribution in [2.24, 2.45) is 0 Å². The lowest BCUT2D eigenvalue weighted by atomic mass is 10.7. The van der Waals surface area contributed by atoms with Crippen molar-refractivity contribution in [2.45, 2.75) is 0 Å². The van der Waals surface area contributed by atoms with Crippen molar-refractivity contribution in [2.75, 3.05) is 5.75 Å². The van der Waals surface area contributed by atoms with Crippen LogP contribution in [0.15, 0.2) is 0 Å². The molecule has 0 aromatic carbocycles. The van der Waals surface area contributed by atoms with Gasteiger partial charge in [0, 0.05) is 0 Å². The van der Waals surface area contributed by atoms with Crippen LogP contribution >= 0.6 is 11.8 Å². The Morgan fingerprint density at radius 1 is 1.45 bits per heavy atom. The molecule has 0 atom stereocenters. The molecule has 1 rings (SSSR count). The van der Waals surface area contributed by atoms with Crippen molar-refractivity contribution in [3.05, 3.63) is 0 Å². The van der Waals surface area contributed by atoms with Crippen LogP contribution in [-0.4, -0.2) is 34.2 Å². The Hall–Kier alpha value is -0.600. The average Bonchev–Trinajstić information content (AvgIpc) is 2.08. The molecule has 11 heavy (non-hydrogen) atoms. The van der Waals surface area contributed by atoms with Crippen LogP contribution in [0.25, 0.3) is 0 Å². The van der Waals surface area contributed by atoms with E-state index in [1.807, 2.05) is 0 Å². The van der Waals surface area contributed by atoms with Gasteiger partial charge >= 0.3 is 15.5 Å². The molecule has 1 aliphatic heterocycles. The molecule has 0 spiro atoms. The van der Waals surface area contributed by atoms with Gasteiger partial charge in [-0.15, -0.1) is 4.31 Å². The van der Waals surface area contributed by atoms with Crippen LogP contribution < -0.4 is 0 Å². The van der Waals surface area contributed by atoms with E-state index in [4.69, 9.17) is 4.55 Å². The highest BCUT2D eigenvalue weighted by atomic mass is 32.2. The summed E-state index contributed by atoms with van der Waals surface area (Å²) < 4.78 is 28.7. The third-order valence-electron chi connectivity index (χ3n) is 0.942. The second kappa shape index (κ2) is 2.47. The lowest BCUT2D eigenvalue weighted by Crippen LogP contribution is -2.34. The number of nitrogens with zero attached hydrogens (tertiary/aromatic N) is 1. The molecule has 6 nitrogen and oxygen atoms in total. The number of hydrogen-bond acceptors (Lipinski definition) is 5. The summed E-state index contributed by atoms with van der Waals surface area (Å²) in [6.45, 7) is 0. The Morgan fingerprint density at radius 3 is 2.18 bits per heavy atom. The van der Waals surface area contributed by atoms with E-state index < -0.39 is 21.5 Å². The minimum absolute atomic E-state index is 0.155. The highest BCUT2D eigenvalue weighted by Crippen LogP contribution is 2.20. The average molecular weight is 197 g/mol. The number of carbonyl (C=O) groups is 2. The minimum Gasteiger partial charge on any atom is -0.272 e. The third kappa shape index (κ3) is 1.52. The number of thioether (sulfide) groups is 1. The Labute approximate surface area is 66.4 Å². The Balaban J connectivity index is 3.05. The summed E-state index contributed by atoms with van der Waals surface area (Å²) in [7, 11) is -4.69. The van der Waals surface area contributed by atoms with E-state index in [0.29, 0.717) is 11.8 Å². The maximum Gasteiger partial charge on any atom is 0.369 e. The summed E-state index contributed by atoms with van der Waals surface area (Å²) in [5.74, 6) is -1.15. The molecule has 0 radical (unpaired) electrons. The van der Waals surface area contributed by atoms with Crippen molar-refractivity contribution in [3.63, 3.8) is 0 Å². The molecule has 0 aromatic heterocycles. The molecule has 1 aliphatic rings. The Morgan fingerprint density at radius 2 is 2.00 bits per heavy atom. The van der Waals surface area contributed by atoms with E-state index in [0.717, 1.165) is 0 Å². The topological polar surface area (TPSA) is 91.8 Å². The van der Waals surface area contributed by atoms with Gasteiger partial charge in [-0.1, -0.05) is 11.8 Å². The first-order valence-electron chi connectivity index (χ1n) is 2.40. The van der Waals surface area contributed by atoms with Crippen LogP contribution in [0.3, 0.4) is 0 Å². The standard InChI is InChI=1S/C3H3NO5S2/c5-2-1-10-3(6)4(2)11(7,8)9/h1H2,(H,7,8,9). The normalized spacial score (nSPS) is 19.5. The van der Waals surface area contributed by atoms with Crippen LogP contribution in [0.5, 0.6) is 0 Å². The number of rotatable bonds is 1. The van der Waals surface area contributed by atoms with Crippen LogP contribution in [0.1, 0.15) is 0 Å². The zero-order valence-corrected chi connectivity index (χ0v) is 6.68. The highest BCUT2D eigenvalue weighted by molar-refractivity contribution is 8.15. The van der Waals surface area contributed by atoms with Gasteiger partial charge in [0.15, 0.2) is 0 Å². The summed E-state index contributed by atoms with van der Waals surface area (Å²) in [5, 5.41) is -0.961. The fourth-order valence-corrected chi connectivity index (χ4v) is 2.19. The fourth-order valence-electron chi connectivity index (χ4n) is 0.565. The second-order valence-corrected chi connectivity index (χ2v) is 3.88. The molecule has 0 aliphatic carbocycles. The molecule has 2 amide bonds. The van der Waals surface area contributed by atoms with Crippen molar-refractivity contribution in [3.8, 4) is 0 Å². The Kier molecular flexibility index (Phi) is 1.90. The van der Waals surface area contributed by atoms with Gasteiger partial charge in [-0.25, -0.2) is 0 Å². The minimum atomic E-state index is -4.69. The largest absolute Gasteiger partial charge is 0.369 e. The van der Waals surface area contributed by atoms with E-state index in [2.05, 4.69) is 0 Å². The first kappa shape index (κ1) is 8.50. The van der Waals surface area contributed by atoms with Gasteiger partial charge in [-0.3, -0.25) is 14.1 Å². The summed E-state index contributed by atoms with van der Waals surface area (Å²) >= 11 is 0.539. The molecular weight excluding hydrogens is 194 g/mol. The smallest absolute Gasteiger partial charge is 0.272 e. The second-order valence-electron chi connectivity index (χ2n) is 1.69. The van der Waals surface area contributed by atoms with Crippen molar-refractivity contribution >= 4 is 33.2 Å². The molecule has 0 bridgehead atoms. The number of amides is 2.